The number of thiazole rings is 1. The van der Waals surface area contributed by atoms with E-state index in [0.717, 1.165) is 11.3 Å². The van der Waals surface area contributed by atoms with Gasteiger partial charge in [0.1, 0.15) is 0 Å². The summed E-state index contributed by atoms with van der Waals surface area (Å²) in [5, 5.41) is 9.29. The summed E-state index contributed by atoms with van der Waals surface area (Å²) in [5.74, 6) is 1.15. The van der Waals surface area contributed by atoms with E-state index in [9.17, 15) is 4.79 Å². The first-order chi connectivity index (χ1) is 11.6. The minimum absolute atomic E-state index is 0.122. The zero-order valence-electron chi connectivity index (χ0n) is 13.4. The third kappa shape index (κ3) is 4.02. The van der Waals surface area contributed by atoms with E-state index in [-0.39, 0.29) is 12.3 Å². The number of hydrogen-bond acceptors (Lipinski definition) is 7. The van der Waals surface area contributed by atoms with Crippen LogP contribution in [0.4, 0.5) is 5.13 Å². The minimum Gasteiger partial charge on any atom is -0.339 e. The first kappa shape index (κ1) is 16.3. The fourth-order valence-electron chi connectivity index (χ4n) is 1.99. The minimum atomic E-state index is -0.122. The molecule has 0 fully saturated rings. The van der Waals surface area contributed by atoms with Crippen LogP contribution in [-0.2, 0) is 11.2 Å². The molecule has 0 bridgehead atoms. The van der Waals surface area contributed by atoms with Gasteiger partial charge in [-0.1, -0.05) is 19.0 Å². The van der Waals surface area contributed by atoms with E-state index in [2.05, 4.69) is 39.3 Å². The molecule has 0 atom stereocenters. The Morgan fingerprint density at radius 3 is 2.79 bits per heavy atom. The maximum Gasteiger partial charge on any atom is 0.227 e. The Labute approximate surface area is 143 Å². The number of aromatic nitrogens is 4. The molecule has 1 N–H and O–H groups in total. The maximum atomic E-state index is 12.0. The first-order valence-electron chi connectivity index (χ1n) is 7.60. The van der Waals surface area contributed by atoms with Crippen molar-refractivity contribution in [3.63, 3.8) is 0 Å². The van der Waals surface area contributed by atoms with Crippen molar-refractivity contribution in [2.24, 2.45) is 0 Å². The van der Waals surface area contributed by atoms with Crippen molar-refractivity contribution in [3.05, 3.63) is 41.5 Å². The third-order valence-corrected chi connectivity index (χ3v) is 4.11. The van der Waals surface area contributed by atoms with Gasteiger partial charge < -0.3 is 9.84 Å². The van der Waals surface area contributed by atoms with Crippen molar-refractivity contribution in [2.75, 3.05) is 5.32 Å². The summed E-state index contributed by atoms with van der Waals surface area (Å²) < 4.78 is 5.18. The number of amides is 1. The molecule has 0 saturated carbocycles. The lowest BCUT2D eigenvalue weighted by Gasteiger charge is -2.00. The van der Waals surface area contributed by atoms with Crippen LogP contribution < -0.4 is 5.32 Å². The number of pyridine rings is 1. The molecule has 3 aromatic rings. The van der Waals surface area contributed by atoms with Crippen molar-refractivity contribution in [1.29, 1.82) is 0 Å². The lowest BCUT2D eigenvalue weighted by molar-refractivity contribution is -0.116. The quantitative estimate of drug-likeness (QED) is 0.738. The monoisotopic (exact) mass is 343 g/mol. The first-order valence-corrected chi connectivity index (χ1v) is 8.48. The number of nitrogens with zero attached hydrogens (tertiary/aromatic N) is 4. The van der Waals surface area contributed by atoms with Crippen LogP contribution in [-0.4, -0.2) is 26.0 Å². The molecule has 0 aliphatic heterocycles. The van der Waals surface area contributed by atoms with Gasteiger partial charge in [-0.05, 0) is 18.1 Å². The normalized spacial score (nSPS) is 11.0. The number of rotatable bonds is 6. The summed E-state index contributed by atoms with van der Waals surface area (Å²) >= 11 is 1.43. The van der Waals surface area contributed by atoms with Crippen LogP contribution in [0.15, 0.2) is 34.4 Å². The van der Waals surface area contributed by atoms with Crippen molar-refractivity contribution < 1.29 is 9.32 Å². The van der Waals surface area contributed by atoms with E-state index in [1.807, 2.05) is 5.38 Å². The van der Waals surface area contributed by atoms with Crippen molar-refractivity contribution >= 4 is 22.4 Å². The summed E-state index contributed by atoms with van der Waals surface area (Å²) in [4.78, 5) is 24.6. The van der Waals surface area contributed by atoms with Gasteiger partial charge in [0.2, 0.25) is 17.6 Å². The number of carbonyl (C=O) groups excluding carboxylic acids is 1. The molecule has 0 radical (unpaired) electrons. The van der Waals surface area contributed by atoms with Gasteiger partial charge in [-0.2, -0.15) is 4.98 Å². The van der Waals surface area contributed by atoms with E-state index in [4.69, 9.17) is 4.52 Å². The van der Waals surface area contributed by atoms with E-state index >= 15 is 0 Å². The average Bonchev–Trinajstić information content (AvgIpc) is 3.23. The Morgan fingerprint density at radius 1 is 1.29 bits per heavy atom. The highest BCUT2D eigenvalue weighted by Crippen LogP contribution is 2.21. The zero-order chi connectivity index (χ0) is 16.9. The predicted octanol–water partition coefficient (Wildman–Crippen LogP) is 3.28. The van der Waals surface area contributed by atoms with Gasteiger partial charge in [0.05, 0.1) is 5.69 Å². The predicted molar refractivity (Wildman–Crippen MR) is 90.7 cm³/mol. The summed E-state index contributed by atoms with van der Waals surface area (Å²) in [6, 6.07) is 3.60. The van der Waals surface area contributed by atoms with Crippen LogP contribution in [0.3, 0.4) is 0 Å². The number of anilines is 1. The van der Waals surface area contributed by atoms with Crippen LogP contribution in [0.5, 0.6) is 0 Å². The van der Waals surface area contributed by atoms with Crippen LogP contribution in [0.1, 0.15) is 37.8 Å². The molecule has 124 valence electrons. The molecule has 0 spiro atoms. The molecule has 3 aromatic heterocycles. The van der Waals surface area contributed by atoms with Crippen LogP contribution in [0.25, 0.3) is 11.4 Å². The fraction of sp³-hybridized carbons (Fsp3) is 0.312. The highest BCUT2D eigenvalue weighted by molar-refractivity contribution is 7.13. The van der Waals surface area contributed by atoms with Gasteiger partial charge in [-0.3, -0.25) is 9.78 Å². The molecule has 7 nitrogen and oxygen atoms in total. The van der Waals surface area contributed by atoms with Crippen LogP contribution in [0.2, 0.25) is 0 Å². The molecule has 0 aliphatic rings. The van der Waals surface area contributed by atoms with Gasteiger partial charge >= 0.3 is 0 Å². The Kier molecular flexibility index (Phi) is 4.95. The molecule has 3 rings (SSSR count). The second kappa shape index (κ2) is 7.31. The van der Waals surface area contributed by atoms with E-state index in [1.165, 1.54) is 11.3 Å². The molecular weight excluding hydrogens is 326 g/mol. The molecule has 0 saturated heterocycles. The third-order valence-electron chi connectivity index (χ3n) is 3.33. The van der Waals surface area contributed by atoms with Crippen molar-refractivity contribution in [2.45, 2.75) is 32.6 Å². The van der Waals surface area contributed by atoms with Gasteiger partial charge in [0, 0.05) is 36.2 Å². The molecule has 0 aliphatic carbocycles. The molecule has 0 aromatic carbocycles. The van der Waals surface area contributed by atoms with E-state index in [0.29, 0.717) is 29.2 Å². The number of nitrogens with one attached hydrogen (secondary N) is 1. The molecule has 8 heteroatoms. The van der Waals surface area contributed by atoms with Gasteiger partial charge in [-0.15, -0.1) is 11.3 Å². The Morgan fingerprint density at radius 2 is 2.08 bits per heavy atom. The summed E-state index contributed by atoms with van der Waals surface area (Å²) in [6.07, 6.45) is 3.97. The molecular formula is C16H17N5O2S. The molecule has 24 heavy (non-hydrogen) atoms. The number of carbonyl (C=O) groups is 1. The zero-order valence-corrected chi connectivity index (χ0v) is 14.2. The topological polar surface area (TPSA) is 93.8 Å². The van der Waals surface area contributed by atoms with E-state index < -0.39 is 0 Å². The van der Waals surface area contributed by atoms with E-state index in [1.54, 1.807) is 24.5 Å². The smallest absolute Gasteiger partial charge is 0.227 e. The summed E-state index contributed by atoms with van der Waals surface area (Å²) in [6.45, 7) is 4.13. The van der Waals surface area contributed by atoms with Crippen LogP contribution in [0, 0.1) is 0 Å². The fourth-order valence-corrected chi connectivity index (χ4v) is 2.87. The number of aryl methyl sites for hydroxylation is 1. The van der Waals surface area contributed by atoms with Gasteiger partial charge in [0.15, 0.2) is 5.13 Å². The highest BCUT2D eigenvalue weighted by Gasteiger charge is 2.12. The molecule has 1 amide bonds. The SMILES string of the molecule is CC(C)c1csc(NC(=O)CCc2nc(-c3ccncc3)no2)n1. The Hall–Kier alpha value is -2.61. The maximum absolute atomic E-state index is 12.0. The van der Waals surface area contributed by atoms with Crippen LogP contribution >= 0.6 is 11.3 Å². The van der Waals surface area contributed by atoms with Gasteiger partial charge in [-0.25, -0.2) is 4.98 Å². The number of hydrogen-bond donors (Lipinski definition) is 1. The molecule has 0 unspecified atom stereocenters. The second-order valence-corrected chi connectivity index (χ2v) is 6.39. The second-order valence-electron chi connectivity index (χ2n) is 5.53. The van der Waals surface area contributed by atoms with Crippen molar-refractivity contribution in [1.82, 2.24) is 20.1 Å². The lowest BCUT2D eigenvalue weighted by Crippen LogP contribution is -2.12. The van der Waals surface area contributed by atoms with Gasteiger partial charge in [0.25, 0.3) is 0 Å². The summed E-state index contributed by atoms with van der Waals surface area (Å²) in [5.41, 5.74) is 1.81. The average molecular weight is 343 g/mol. The Balaban J connectivity index is 1.54. The highest BCUT2D eigenvalue weighted by atomic mass is 32.1. The van der Waals surface area contributed by atoms with Crippen molar-refractivity contribution in [3.8, 4) is 11.4 Å². The molecule has 3 heterocycles. The Bertz CT molecular complexity index is 813. The lowest BCUT2D eigenvalue weighted by atomic mass is 10.2. The standard InChI is InChI=1S/C16H17N5O2S/c1-10(2)12-9-24-16(18-12)19-13(22)3-4-14-20-15(21-23-14)11-5-7-17-8-6-11/h5-10H,3-4H2,1-2H3,(H,18,19,22). The summed E-state index contributed by atoms with van der Waals surface area (Å²) in [7, 11) is 0. The largest absolute Gasteiger partial charge is 0.339 e.